The van der Waals surface area contributed by atoms with Gasteiger partial charge in [0.15, 0.2) is 9.84 Å². The van der Waals surface area contributed by atoms with E-state index in [1.54, 1.807) is 19.9 Å². The summed E-state index contributed by atoms with van der Waals surface area (Å²) in [5.41, 5.74) is 5.95. The van der Waals surface area contributed by atoms with Gasteiger partial charge >= 0.3 is 0 Å². The third-order valence-electron chi connectivity index (χ3n) is 3.04. The Bertz CT molecular complexity index is 459. The molecule has 0 aliphatic carbocycles. The van der Waals surface area contributed by atoms with E-state index in [0.29, 0.717) is 5.76 Å². The lowest BCUT2D eigenvalue weighted by molar-refractivity contribution is 0.392. The quantitative estimate of drug-likeness (QED) is 0.875. The SMILES string of the molecule is CCc1ccc(C(N)C(C)(C)S(C)(=O)=O)o1. The van der Waals surface area contributed by atoms with E-state index in [4.69, 9.17) is 10.2 Å². The van der Waals surface area contributed by atoms with Gasteiger partial charge < -0.3 is 10.2 Å². The van der Waals surface area contributed by atoms with Crippen molar-refractivity contribution in [1.82, 2.24) is 0 Å². The molecule has 0 fully saturated rings. The number of furan rings is 1. The molecule has 0 saturated heterocycles. The van der Waals surface area contributed by atoms with Crippen molar-refractivity contribution in [3.05, 3.63) is 23.7 Å². The van der Waals surface area contributed by atoms with Crippen molar-refractivity contribution in [1.29, 1.82) is 0 Å². The molecule has 0 radical (unpaired) electrons. The summed E-state index contributed by atoms with van der Waals surface area (Å²) >= 11 is 0. The van der Waals surface area contributed by atoms with Gasteiger partial charge in [-0.15, -0.1) is 0 Å². The zero-order valence-electron chi connectivity index (χ0n) is 10.1. The van der Waals surface area contributed by atoms with Crippen LogP contribution in [0.4, 0.5) is 0 Å². The molecule has 5 heteroatoms. The van der Waals surface area contributed by atoms with Crippen LogP contribution < -0.4 is 5.73 Å². The summed E-state index contributed by atoms with van der Waals surface area (Å²) in [6, 6.07) is 2.92. The molecule has 0 amide bonds. The molecule has 92 valence electrons. The monoisotopic (exact) mass is 245 g/mol. The summed E-state index contributed by atoms with van der Waals surface area (Å²) in [5, 5.41) is 0. The average Bonchev–Trinajstić information content (AvgIpc) is 2.62. The third-order valence-corrected chi connectivity index (χ3v) is 5.21. The highest BCUT2D eigenvalue weighted by Crippen LogP contribution is 2.31. The van der Waals surface area contributed by atoms with E-state index < -0.39 is 20.6 Å². The van der Waals surface area contributed by atoms with Gasteiger partial charge in [0.2, 0.25) is 0 Å². The molecule has 1 atom stereocenters. The van der Waals surface area contributed by atoms with Gasteiger partial charge in [-0.05, 0) is 26.0 Å². The van der Waals surface area contributed by atoms with E-state index in [9.17, 15) is 8.42 Å². The minimum atomic E-state index is -3.23. The average molecular weight is 245 g/mol. The van der Waals surface area contributed by atoms with Gasteiger partial charge in [0, 0.05) is 12.7 Å². The maximum Gasteiger partial charge on any atom is 0.154 e. The van der Waals surface area contributed by atoms with Crippen LogP contribution in [0.25, 0.3) is 0 Å². The second-order valence-electron chi connectivity index (χ2n) is 4.51. The van der Waals surface area contributed by atoms with E-state index >= 15 is 0 Å². The Kier molecular flexibility index (Phi) is 3.50. The molecule has 2 N–H and O–H groups in total. The molecule has 0 bridgehead atoms. The van der Waals surface area contributed by atoms with Gasteiger partial charge in [0.25, 0.3) is 0 Å². The fourth-order valence-electron chi connectivity index (χ4n) is 1.32. The maximum atomic E-state index is 11.6. The van der Waals surface area contributed by atoms with Crippen LogP contribution in [0.2, 0.25) is 0 Å². The van der Waals surface area contributed by atoms with E-state index in [1.807, 2.05) is 13.0 Å². The molecule has 1 heterocycles. The van der Waals surface area contributed by atoms with Crippen LogP contribution in [0.15, 0.2) is 16.5 Å². The Morgan fingerprint density at radius 3 is 2.38 bits per heavy atom. The second kappa shape index (κ2) is 4.22. The predicted molar refractivity (Wildman–Crippen MR) is 63.9 cm³/mol. The van der Waals surface area contributed by atoms with Gasteiger partial charge in [-0.3, -0.25) is 0 Å². The number of hydrogen-bond acceptors (Lipinski definition) is 4. The Balaban J connectivity index is 3.06. The first-order chi connectivity index (χ1) is 7.20. The Morgan fingerprint density at radius 2 is 2.00 bits per heavy atom. The van der Waals surface area contributed by atoms with Crippen LogP contribution in [-0.2, 0) is 16.3 Å². The Hall–Kier alpha value is -0.810. The van der Waals surface area contributed by atoms with Gasteiger partial charge in [-0.2, -0.15) is 0 Å². The zero-order chi connectivity index (χ0) is 12.6. The molecule has 1 rings (SSSR count). The van der Waals surface area contributed by atoms with E-state index in [2.05, 4.69) is 0 Å². The molecular weight excluding hydrogens is 226 g/mol. The van der Waals surface area contributed by atoms with Crippen molar-refractivity contribution in [2.45, 2.75) is 38.0 Å². The Morgan fingerprint density at radius 1 is 1.44 bits per heavy atom. The van der Waals surface area contributed by atoms with Gasteiger partial charge in [-0.1, -0.05) is 6.92 Å². The molecule has 0 aliphatic heterocycles. The number of aryl methyl sites for hydroxylation is 1. The van der Waals surface area contributed by atoms with Crippen LogP contribution in [0.1, 0.15) is 38.3 Å². The highest BCUT2D eigenvalue weighted by atomic mass is 32.2. The summed E-state index contributed by atoms with van der Waals surface area (Å²) in [6.07, 6.45) is 1.96. The zero-order valence-corrected chi connectivity index (χ0v) is 11.0. The molecule has 0 spiro atoms. The molecule has 16 heavy (non-hydrogen) atoms. The lowest BCUT2D eigenvalue weighted by Gasteiger charge is -2.28. The molecule has 1 aromatic heterocycles. The molecule has 4 nitrogen and oxygen atoms in total. The third kappa shape index (κ3) is 2.30. The van der Waals surface area contributed by atoms with E-state index in [-0.39, 0.29) is 0 Å². The standard InChI is InChI=1S/C11H19NO3S/c1-5-8-6-7-9(15-8)10(12)11(2,3)16(4,13)14/h6-7,10H,5,12H2,1-4H3. The summed E-state index contributed by atoms with van der Waals surface area (Å²) < 4.78 is 27.7. The first-order valence-corrected chi connectivity index (χ1v) is 7.13. The van der Waals surface area contributed by atoms with Crippen LogP contribution >= 0.6 is 0 Å². The predicted octanol–water partition coefficient (Wildman–Crippen LogP) is 1.67. The van der Waals surface area contributed by atoms with Gasteiger partial charge in [0.1, 0.15) is 11.5 Å². The van der Waals surface area contributed by atoms with Crippen LogP contribution in [-0.4, -0.2) is 19.4 Å². The smallest absolute Gasteiger partial charge is 0.154 e. The van der Waals surface area contributed by atoms with E-state index in [0.717, 1.165) is 12.2 Å². The topological polar surface area (TPSA) is 73.3 Å². The fourth-order valence-corrected chi connectivity index (χ4v) is 1.90. The molecule has 0 aromatic carbocycles. The summed E-state index contributed by atoms with van der Waals surface area (Å²) in [7, 11) is -3.23. The van der Waals surface area contributed by atoms with E-state index in [1.165, 1.54) is 6.26 Å². The highest BCUT2D eigenvalue weighted by molar-refractivity contribution is 7.92. The summed E-state index contributed by atoms with van der Waals surface area (Å²) in [6.45, 7) is 5.19. The summed E-state index contributed by atoms with van der Waals surface area (Å²) in [5.74, 6) is 1.34. The van der Waals surface area contributed by atoms with Crippen molar-refractivity contribution in [3.63, 3.8) is 0 Å². The van der Waals surface area contributed by atoms with Crippen LogP contribution in [0.5, 0.6) is 0 Å². The first kappa shape index (κ1) is 13.3. The number of sulfone groups is 1. The normalized spacial score (nSPS) is 15.1. The van der Waals surface area contributed by atoms with Crippen molar-refractivity contribution >= 4 is 9.84 Å². The minimum Gasteiger partial charge on any atom is -0.464 e. The van der Waals surface area contributed by atoms with Gasteiger partial charge in [0.05, 0.1) is 10.8 Å². The van der Waals surface area contributed by atoms with Crippen molar-refractivity contribution in [2.75, 3.05) is 6.26 Å². The highest BCUT2D eigenvalue weighted by Gasteiger charge is 2.39. The maximum absolute atomic E-state index is 11.6. The summed E-state index contributed by atoms with van der Waals surface area (Å²) in [4.78, 5) is 0. The van der Waals surface area contributed by atoms with Crippen molar-refractivity contribution in [3.8, 4) is 0 Å². The molecule has 0 saturated carbocycles. The molecule has 1 unspecified atom stereocenters. The number of hydrogen-bond donors (Lipinski definition) is 1. The lowest BCUT2D eigenvalue weighted by atomic mass is 10.0. The molecule has 1 aromatic rings. The largest absolute Gasteiger partial charge is 0.464 e. The van der Waals surface area contributed by atoms with Crippen molar-refractivity contribution < 1.29 is 12.8 Å². The van der Waals surface area contributed by atoms with Crippen LogP contribution in [0.3, 0.4) is 0 Å². The second-order valence-corrected chi connectivity index (χ2v) is 7.11. The number of nitrogens with two attached hydrogens (primary N) is 1. The Labute approximate surface area is 96.7 Å². The minimum absolute atomic E-state index is 0.521. The molecule has 0 aliphatic rings. The first-order valence-electron chi connectivity index (χ1n) is 5.24. The van der Waals surface area contributed by atoms with Gasteiger partial charge in [-0.25, -0.2) is 8.42 Å². The van der Waals surface area contributed by atoms with Crippen molar-refractivity contribution in [2.24, 2.45) is 5.73 Å². The lowest BCUT2D eigenvalue weighted by Crippen LogP contribution is -2.42. The molecular formula is C11H19NO3S. The number of rotatable bonds is 4. The van der Waals surface area contributed by atoms with Crippen LogP contribution in [0, 0.1) is 0 Å². The fraction of sp³-hybridized carbons (Fsp3) is 0.636.